The molecular weight excluding hydrogens is 238 g/mol. The highest BCUT2D eigenvalue weighted by Crippen LogP contribution is 2.30. The van der Waals surface area contributed by atoms with Gasteiger partial charge in [-0.15, -0.1) is 0 Å². The van der Waals surface area contributed by atoms with Crippen molar-refractivity contribution in [3.05, 3.63) is 42.5 Å². The average molecular weight is 250 g/mol. The van der Waals surface area contributed by atoms with E-state index < -0.39 is 6.61 Å². The van der Waals surface area contributed by atoms with Crippen molar-refractivity contribution < 1.29 is 13.5 Å². The quantitative estimate of drug-likeness (QED) is 0.823. The number of nitrogens with two attached hydrogens (primary N) is 2. The van der Waals surface area contributed by atoms with Crippen molar-refractivity contribution in [3.8, 4) is 16.9 Å². The normalized spacial score (nSPS) is 10.6. The zero-order valence-electron chi connectivity index (χ0n) is 9.44. The molecule has 0 radical (unpaired) electrons. The first-order valence-electron chi connectivity index (χ1n) is 5.26. The zero-order valence-corrected chi connectivity index (χ0v) is 9.44. The van der Waals surface area contributed by atoms with Crippen LogP contribution in [0.3, 0.4) is 0 Å². The zero-order chi connectivity index (χ0) is 13.1. The monoisotopic (exact) mass is 250 g/mol. The maximum absolute atomic E-state index is 12.2. The Balaban J connectivity index is 2.37. The molecule has 0 spiro atoms. The van der Waals surface area contributed by atoms with Gasteiger partial charge in [0.1, 0.15) is 5.75 Å². The van der Waals surface area contributed by atoms with E-state index in [0.717, 1.165) is 11.1 Å². The van der Waals surface area contributed by atoms with E-state index in [1.165, 1.54) is 12.1 Å². The topological polar surface area (TPSA) is 61.3 Å². The molecule has 4 N–H and O–H groups in total. The average Bonchev–Trinajstić information content (AvgIpc) is 2.32. The third kappa shape index (κ3) is 2.68. The fourth-order valence-electron chi connectivity index (χ4n) is 1.59. The van der Waals surface area contributed by atoms with Crippen LogP contribution in [-0.4, -0.2) is 6.61 Å². The number of benzene rings is 2. The van der Waals surface area contributed by atoms with E-state index in [4.69, 9.17) is 11.5 Å². The molecule has 0 bridgehead atoms. The minimum atomic E-state index is -2.89. The van der Waals surface area contributed by atoms with Crippen LogP contribution in [0.4, 0.5) is 20.2 Å². The lowest BCUT2D eigenvalue weighted by molar-refractivity contribution is -0.0492. The van der Waals surface area contributed by atoms with Crippen molar-refractivity contribution in [1.82, 2.24) is 0 Å². The summed E-state index contributed by atoms with van der Waals surface area (Å²) in [5.74, 6) is -0.0284. The van der Waals surface area contributed by atoms with Crippen LogP contribution in [0.15, 0.2) is 42.5 Å². The summed E-state index contributed by atoms with van der Waals surface area (Å²) in [6.07, 6.45) is 0. The van der Waals surface area contributed by atoms with Crippen molar-refractivity contribution in [2.24, 2.45) is 0 Å². The highest BCUT2D eigenvalue weighted by Gasteiger charge is 2.09. The van der Waals surface area contributed by atoms with Crippen molar-refractivity contribution in [1.29, 1.82) is 0 Å². The summed E-state index contributed by atoms with van der Waals surface area (Å²) in [6, 6.07) is 11.8. The lowest BCUT2D eigenvalue weighted by Gasteiger charge is -2.10. The molecule has 3 nitrogen and oxygen atoms in total. The van der Waals surface area contributed by atoms with Gasteiger partial charge < -0.3 is 16.2 Å². The first-order valence-corrected chi connectivity index (χ1v) is 5.26. The molecule has 0 amide bonds. The van der Waals surface area contributed by atoms with Crippen LogP contribution in [0, 0.1) is 0 Å². The van der Waals surface area contributed by atoms with Gasteiger partial charge in [0.05, 0.1) is 5.69 Å². The second-order valence-electron chi connectivity index (χ2n) is 3.75. The van der Waals surface area contributed by atoms with Gasteiger partial charge in [-0.05, 0) is 35.4 Å². The predicted octanol–water partition coefficient (Wildman–Crippen LogP) is 3.12. The fraction of sp³-hybridized carbons (Fsp3) is 0.0769. The van der Waals surface area contributed by atoms with Gasteiger partial charge in [-0.1, -0.05) is 18.2 Å². The van der Waals surface area contributed by atoms with E-state index in [1.54, 1.807) is 30.3 Å². The van der Waals surface area contributed by atoms with Gasteiger partial charge >= 0.3 is 6.61 Å². The smallest absolute Gasteiger partial charge is 0.387 e. The van der Waals surface area contributed by atoms with Crippen LogP contribution in [-0.2, 0) is 0 Å². The first kappa shape index (κ1) is 12.2. The first-order chi connectivity index (χ1) is 8.56. The summed E-state index contributed by atoms with van der Waals surface area (Å²) in [7, 11) is 0. The van der Waals surface area contributed by atoms with Crippen LogP contribution in [0.25, 0.3) is 11.1 Å². The minimum Gasteiger partial charge on any atom is -0.433 e. The van der Waals surface area contributed by atoms with Crippen LogP contribution < -0.4 is 16.2 Å². The molecule has 2 rings (SSSR count). The van der Waals surface area contributed by atoms with Crippen molar-refractivity contribution in [2.75, 3.05) is 11.5 Å². The highest BCUT2D eigenvalue weighted by atomic mass is 19.3. The summed E-state index contributed by atoms with van der Waals surface area (Å²) in [5.41, 5.74) is 13.5. The Morgan fingerprint density at radius 3 is 2.11 bits per heavy atom. The van der Waals surface area contributed by atoms with Gasteiger partial charge in [0.15, 0.2) is 0 Å². The number of rotatable bonds is 3. The summed E-state index contributed by atoms with van der Waals surface area (Å²) >= 11 is 0. The molecular formula is C13H12F2N2O. The van der Waals surface area contributed by atoms with E-state index in [0.29, 0.717) is 5.69 Å². The molecule has 0 atom stereocenters. The predicted molar refractivity (Wildman–Crippen MR) is 67.3 cm³/mol. The van der Waals surface area contributed by atoms with Crippen LogP contribution >= 0.6 is 0 Å². The molecule has 94 valence electrons. The minimum absolute atomic E-state index is 0.0284. The Hall–Kier alpha value is -2.30. The van der Waals surface area contributed by atoms with Crippen molar-refractivity contribution in [3.63, 3.8) is 0 Å². The molecule has 0 saturated carbocycles. The summed E-state index contributed by atoms with van der Waals surface area (Å²) < 4.78 is 28.7. The highest BCUT2D eigenvalue weighted by molar-refractivity contribution is 5.70. The number of hydrogen-bond acceptors (Lipinski definition) is 3. The standard InChI is InChI=1S/C13H12F2N2O/c14-13(15)18-12-7-9(3-6-11(12)17)8-1-4-10(16)5-2-8/h1-7,13H,16-17H2. The van der Waals surface area contributed by atoms with Gasteiger partial charge in [0.25, 0.3) is 0 Å². The maximum atomic E-state index is 12.2. The lowest BCUT2D eigenvalue weighted by atomic mass is 10.0. The van der Waals surface area contributed by atoms with Crippen molar-refractivity contribution >= 4 is 11.4 Å². The molecule has 0 aliphatic carbocycles. The molecule has 0 aliphatic heterocycles. The van der Waals surface area contributed by atoms with E-state index in [-0.39, 0.29) is 11.4 Å². The van der Waals surface area contributed by atoms with E-state index in [9.17, 15) is 8.78 Å². The molecule has 0 saturated heterocycles. The van der Waals surface area contributed by atoms with E-state index in [2.05, 4.69) is 4.74 Å². The van der Waals surface area contributed by atoms with Gasteiger partial charge in [0, 0.05) is 5.69 Å². The van der Waals surface area contributed by atoms with Crippen LogP contribution in [0.5, 0.6) is 5.75 Å². The van der Waals surface area contributed by atoms with Gasteiger partial charge in [-0.25, -0.2) is 0 Å². The lowest BCUT2D eigenvalue weighted by Crippen LogP contribution is -2.04. The number of hydrogen-bond donors (Lipinski definition) is 2. The number of nitrogen functional groups attached to an aromatic ring is 2. The SMILES string of the molecule is Nc1ccc(-c2ccc(N)c(OC(F)F)c2)cc1. The van der Waals surface area contributed by atoms with Gasteiger partial charge in [-0.2, -0.15) is 8.78 Å². The molecule has 0 fully saturated rings. The molecule has 5 heteroatoms. The van der Waals surface area contributed by atoms with Gasteiger partial charge in [0.2, 0.25) is 0 Å². The number of anilines is 2. The number of alkyl halides is 2. The second kappa shape index (κ2) is 4.91. The Morgan fingerprint density at radius 2 is 1.50 bits per heavy atom. The molecule has 2 aromatic carbocycles. The van der Waals surface area contributed by atoms with Crippen LogP contribution in [0.2, 0.25) is 0 Å². The summed E-state index contributed by atoms with van der Waals surface area (Å²) in [5, 5.41) is 0. The fourth-order valence-corrected chi connectivity index (χ4v) is 1.59. The van der Waals surface area contributed by atoms with Crippen molar-refractivity contribution in [2.45, 2.75) is 6.61 Å². The largest absolute Gasteiger partial charge is 0.433 e. The Kier molecular flexibility index (Phi) is 3.32. The molecule has 2 aromatic rings. The number of halogens is 2. The molecule has 0 aromatic heterocycles. The van der Waals surface area contributed by atoms with Gasteiger partial charge in [-0.3, -0.25) is 0 Å². The molecule has 0 unspecified atom stereocenters. The Morgan fingerprint density at radius 1 is 0.889 bits per heavy atom. The number of ether oxygens (including phenoxy) is 1. The van der Waals surface area contributed by atoms with E-state index in [1.807, 2.05) is 0 Å². The van der Waals surface area contributed by atoms with E-state index >= 15 is 0 Å². The van der Waals surface area contributed by atoms with Crippen LogP contribution in [0.1, 0.15) is 0 Å². The summed E-state index contributed by atoms with van der Waals surface area (Å²) in [6.45, 7) is -2.89. The molecule has 18 heavy (non-hydrogen) atoms. The maximum Gasteiger partial charge on any atom is 0.387 e. The third-order valence-electron chi connectivity index (χ3n) is 2.47. The Bertz CT molecular complexity index is 541. The molecule has 0 heterocycles. The second-order valence-corrected chi connectivity index (χ2v) is 3.75. The summed E-state index contributed by atoms with van der Waals surface area (Å²) in [4.78, 5) is 0. The third-order valence-corrected chi connectivity index (χ3v) is 2.47. The molecule has 0 aliphatic rings. The Labute approximate surface area is 103 Å².